The van der Waals surface area contributed by atoms with Gasteiger partial charge in [0.1, 0.15) is 5.82 Å². The predicted molar refractivity (Wildman–Crippen MR) is 128 cm³/mol. The molecule has 1 aliphatic carbocycles. The van der Waals surface area contributed by atoms with Gasteiger partial charge in [-0.3, -0.25) is 9.59 Å². The maximum Gasteiger partial charge on any atom is 0.257 e. The van der Waals surface area contributed by atoms with E-state index in [1.54, 1.807) is 11.8 Å². The molecule has 2 aromatic rings. The van der Waals surface area contributed by atoms with Crippen molar-refractivity contribution >= 4 is 23.4 Å². The fraction of sp³-hybridized carbons (Fsp3) is 0.480. The van der Waals surface area contributed by atoms with E-state index in [1.807, 2.05) is 18.2 Å². The highest BCUT2D eigenvalue weighted by molar-refractivity contribution is 7.99. The van der Waals surface area contributed by atoms with Gasteiger partial charge in [-0.05, 0) is 41.9 Å². The van der Waals surface area contributed by atoms with Crippen molar-refractivity contribution in [2.75, 3.05) is 17.9 Å². The van der Waals surface area contributed by atoms with E-state index in [1.165, 1.54) is 0 Å². The molecule has 174 valence electrons. The molecule has 2 aliphatic heterocycles. The zero-order chi connectivity index (χ0) is 23.3. The summed E-state index contributed by atoms with van der Waals surface area (Å²) in [6, 6.07) is 5.63. The fourth-order valence-electron chi connectivity index (χ4n) is 4.78. The predicted octanol–water partition coefficient (Wildman–Crippen LogP) is 4.84. The van der Waals surface area contributed by atoms with Crippen molar-refractivity contribution in [1.29, 1.82) is 0 Å². The third kappa shape index (κ3) is 4.16. The van der Waals surface area contributed by atoms with Crippen LogP contribution in [0.2, 0.25) is 0 Å². The number of aromatic amines is 1. The molecule has 1 aromatic heterocycles. The molecule has 3 heterocycles. The Morgan fingerprint density at radius 3 is 2.76 bits per heavy atom. The summed E-state index contributed by atoms with van der Waals surface area (Å²) >= 11 is 1.55. The molecule has 0 spiro atoms. The molecule has 0 amide bonds. The zero-order valence-corrected chi connectivity index (χ0v) is 20.2. The van der Waals surface area contributed by atoms with Gasteiger partial charge >= 0.3 is 0 Å². The lowest BCUT2D eigenvalue weighted by molar-refractivity contribution is -0.118. The SMILES string of the molecule is CC(C)CCSc1nc2c(c(=O)[nH]1)C(c1ccc3c(c1)OCO3)C1=C(CC(C)(C)CC1=O)N2. The van der Waals surface area contributed by atoms with Crippen molar-refractivity contribution < 1.29 is 14.3 Å². The topological polar surface area (TPSA) is 93.3 Å². The second-order valence-corrected chi connectivity index (χ2v) is 11.3. The summed E-state index contributed by atoms with van der Waals surface area (Å²) in [5.74, 6) is 2.86. The summed E-state index contributed by atoms with van der Waals surface area (Å²) in [5, 5.41) is 3.97. The number of thioether (sulfide) groups is 1. The van der Waals surface area contributed by atoms with Gasteiger partial charge in [0.15, 0.2) is 22.4 Å². The van der Waals surface area contributed by atoms with Crippen molar-refractivity contribution in [2.24, 2.45) is 11.3 Å². The highest BCUT2D eigenvalue weighted by Crippen LogP contribution is 2.49. The first-order valence-electron chi connectivity index (χ1n) is 11.4. The first-order chi connectivity index (χ1) is 15.7. The molecule has 1 atom stereocenters. The molecular weight excluding hydrogens is 438 g/mol. The van der Waals surface area contributed by atoms with Crippen molar-refractivity contribution in [1.82, 2.24) is 9.97 Å². The number of nitrogens with zero attached hydrogens (tertiary/aromatic N) is 1. The van der Waals surface area contributed by atoms with Crippen LogP contribution in [0.3, 0.4) is 0 Å². The number of allylic oxidation sites excluding steroid dienone is 2. The molecule has 1 aromatic carbocycles. The molecule has 5 rings (SSSR count). The quantitative estimate of drug-likeness (QED) is 0.480. The number of carbonyl (C=O) groups excluding carboxylic acids is 1. The number of rotatable bonds is 5. The molecule has 3 aliphatic rings. The molecule has 8 heteroatoms. The third-order valence-electron chi connectivity index (χ3n) is 6.36. The van der Waals surface area contributed by atoms with E-state index in [4.69, 9.17) is 14.5 Å². The van der Waals surface area contributed by atoms with E-state index < -0.39 is 5.92 Å². The molecule has 7 nitrogen and oxygen atoms in total. The summed E-state index contributed by atoms with van der Waals surface area (Å²) in [4.78, 5) is 34.5. The van der Waals surface area contributed by atoms with Crippen LogP contribution in [0.1, 0.15) is 64.0 Å². The summed E-state index contributed by atoms with van der Waals surface area (Å²) in [6.45, 7) is 8.72. The number of anilines is 1. The largest absolute Gasteiger partial charge is 0.454 e. The van der Waals surface area contributed by atoms with E-state index in [0.29, 0.717) is 45.9 Å². The average molecular weight is 468 g/mol. The van der Waals surface area contributed by atoms with Crippen LogP contribution in [0.25, 0.3) is 0 Å². The normalized spacial score (nSPS) is 20.5. The molecule has 1 unspecified atom stereocenters. The van der Waals surface area contributed by atoms with Crippen LogP contribution in [0.4, 0.5) is 5.82 Å². The monoisotopic (exact) mass is 467 g/mol. The van der Waals surface area contributed by atoms with Gasteiger partial charge in [-0.15, -0.1) is 0 Å². The first kappa shape index (κ1) is 22.1. The number of ether oxygens (including phenoxy) is 2. The van der Waals surface area contributed by atoms with Gasteiger partial charge in [0.05, 0.1) is 5.56 Å². The van der Waals surface area contributed by atoms with Crippen molar-refractivity contribution in [3.8, 4) is 11.5 Å². The Kier molecular flexibility index (Phi) is 5.51. The molecule has 0 saturated carbocycles. The van der Waals surface area contributed by atoms with Gasteiger partial charge in [0, 0.05) is 29.4 Å². The fourth-order valence-corrected chi connectivity index (χ4v) is 5.88. The highest BCUT2D eigenvalue weighted by atomic mass is 32.2. The summed E-state index contributed by atoms with van der Waals surface area (Å²) in [6.07, 6.45) is 2.20. The summed E-state index contributed by atoms with van der Waals surface area (Å²) in [5.41, 5.74) is 2.46. The third-order valence-corrected chi connectivity index (χ3v) is 7.27. The van der Waals surface area contributed by atoms with Crippen LogP contribution in [0, 0.1) is 11.3 Å². The van der Waals surface area contributed by atoms with Gasteiger partial charge in [0.2, 0.25) is 6.79 Å². The Hall–Kier alpha value is -2.74. The molecule has 0 fully saturated rings. The number of hydrogen-bond donors (Lipinski definition) is 2. The van der Waals surface area contributed by atoms with E-state index in [-0.39, 0.29) is 23.6 Å². The average Bonchev–Trinajstić information content (AvgIpc) is 3.19. The Balaban J connectivity index is 1.62. The Morgan fingerprint density at radius 1 is 1.18 bits per heavy atom. The van der Waals surface area contributed by atoms with E-state index in [2.05, 4.69) is 38.0 Å². The molecular formula is C25H29N3O4S. The van der Waals surface area contributed by atoms with Crippen LogP contribution >= 0.6 is 11.8 Å². The maximum atomic E-state index is 13.4. The molecule has 33 heavy (non-hydrogen) atoms. The number of ketones is 1. The second kappa shape index (κ2) is 8.24. The van der Waals surface area contributed by atoms with Crippen LogP contribution in [0.5, 0.6) is 11.5 Å². The number of hydrogen-bond acceptors (Lipinski definition) is 7. The van der Waals surface area contributed by atoms with Gasteiger partial charge in [0.25, 0.3) is 5.56 Å². The Morgan fingerprint density at radius 2 is 1.97 bits per heavy atom. The van der Waals surface area contributed by atoms with E-state index >= 15 is 0 Å². The minimum absolute atomic E-state index is 0.0665. The van der Waals surface area contributed by atoms with Crippen LogP contribution in [-0.4, -0.2) is 28.3 Å². The lowest BCUT2D eigenvalue weighted by atomic mass is 9.69. The van der Waals surface area contributed by atoms with Crippen molar-refractivity contribution in [3.05, 3.63) is 50.9 Å². The van der Waals surface area contributed by atoms with Crippen molar-refractivity contribution in [3.63, 3.8) is 0 Å². The first-order valence-corrected chi connectivity index (χ1v) is 12.4. The van der Waals surface area contributed by atoms with Crippen LogP contribution in [-0.2, 0) is 4.79 Å². The minimum Gasteiger partial charge on any atom is -0.454 e. The van der Waals surface area contributed by atoms with Crippen LogP contribution in [0.15, 0.2) is 39.4 Å². The number of carbonyl (C=O) groups is 1. The standard InChI is InChI=1S/C25H29N3O4S/c1-13(2)7-8-33-24-27-22-21(23(30)28-24)19(14-5-6-17-18(9-14)32-12-31-17)20-15(26-22)10-25(3,4)11-16(20)29/h5-6,9,13,19H,7-8,10-12H2,1-4H3,(H2,26,27,28,30). The zero-order valence-electron chi connectivity index (χ0n) is 19.4. The number of benzene rings is 1. The van der Waals surface area contributed by atoms with Crippen LogP contribution < -0.4 is 20.3 Å². The van der Waals surface area contributed by atoms with Gasteiger partial charge in [-0.25, -0.2) is 4.98 Å². The van der Waals surface area contributed by atoms with Gasteiger partial charge in [-0.1, -0.05) is 45.5 Å². The maximum absolute atomic E-state index is 13.4. The number of H-pyrrole nitrogens is 1. The number of nitrogens with one attached hydrogen (secondary N) is 2. The number of aromatic nitrogens is 2. The smallest absolute Gasteiger partial charge is 0.257 e. The van der Waals surface area contributed by atoms with E-state index in [9.17, 15) is 9.59 Å². The summed E-state index contributed by atoms with van der Waals surface area (Å²) in [7, 11) is 0. The molecule has 0 saturated heterocycles. The van der Waals surface area contributed by atoms with Gasteiger partial charge in [-0.2, -0.15) is 0 Å². The summed E-state index contributed by atoms with van der Waals surface area (Å²) < 4.78 is 11.0. The minimum atomic E-state index is -0.500. The van der Waals surface area contributed by atoms with Gasteiger partial charge < -0.3 is 19.8 Å². The number of fused-ring (bicyclic) bond motifs is 2. The molecule has 2 N–H and O–H groups in total. The molecule has 0 bridgehead atoms. The molecule has 0 radical (unpaired) electrons. The lowest BCUT2D eigenvalue weighted by Crippen LogP contribution is -2.37. The highest BCUT2D eigenvalue weighted by Gasteiger charge is 2.42. The van der Waals surface area contributed by atoms with E-state index in [0.717, 1.165) is 29.9 Å². The Labute approximate surface area is 197 Å². The second-order valence-electron chi connectivity index (χ2n) is 10.2. The van der Waals surface area contributed by atoms with Crippen molar-refractivity contribution in [2.45, 2.75) is 58.0 Å². The Bertz CT molecular complexity index is 1210. The lowest BCUT2D eigenvalue weighted by Gasteiger charge is -2.38. The number of Topliss-reactive ketones (excluding diaryl/α,β-unsaturated/α-hetero) is 1.